The Labute approximate surface area is 114 Å². The van der Waals surface area contributed by atoms with Crippen LogP contribution in [-0.2, 0) is 0 Å². The maximum absolute atomic E-state index is 8.99. The van der Waals surface area contributed by atoms with Crippen molar-refractivity contribution in [2.75, 3.05) is 13.1 Å². The van der Waals surface area contributed by atoms with Crippen LogP contribution in [0.4, 0.5) is 0 Å². The monoisotopic (exact) mass is 265 g/mol. The Morgan fingerprint density at radius 1 is 1.35 bits per heavy atom. The number of pyridine rings is 2. The molecule has 1 aliphatic rings. The van der Waals surface area contributed by atoms with Gasteiger partial charge in [-0.1, -0.05) is 0 Å². The molecule has 0 radical (unpaired) electrons. The molecule has 0 spiro atoms. The second-order valence-electron chi connectivity index (χ2n) is 4.78. The number of aromatic nitrogens is 3. The fraction of sp³-hybridized carbons (Fsp3) is 0.214. The average Bonchev–Trinajstić information content (AvgIpc) is 2.81. The van der Waals surface area contributed by atoms with Crippen LogP contribution in [0.2, 0.25) is 0 Å². The molecule has 1 saturated heterocycles. The maximum atomic E-state index is 8.99. The van der Waals surface area contributed by atoms with Crippen LogP contribution in [0.15, 0.2) is 24.5 Å². The Balaban J connectivity index is 1.96. The highest BCUT2D eigenvalue weighted by atomic mass is 16.5. The number of ether oxygens (including phenoxy) is 1. The van der Waals surface area contributed by atoms with Crippen LogP contribution in [0.1, 0.15) is 5.69 Å². The fourth-order valence-electron chi connectivity index (χ4n) is 2.37. The summed E-state index contributed by atoms with van der Waals surface area (Å²) in [6.07, 6.45) is 3.57. The molecule has 2 N–H and O–H groups in total. The highest BCUT2D eigenvalue weighted by Crippen LogP contribution is 2.32. The maximum Gasteiger partial charge on any atom is 0.142 e. The minimum atomic E-state index is 0.197. The van der Waals surface area contributed by atoms with Crippen molar-refractivity contribution < 1.29 is 4.74 Å². The van der Waals surface area contributed by atoms with Crippen LogP contribution in [0.5, 0.6) is 5.75 Å². The Morgan fingerprint density at radius 3 is 3.00 bits per heavy atom. The highest BCUT2D eigenvalue weighted by Gasteiger charge is 2.20. The number of fused-ring (bicyclic) bond motifs is 3. The fourth-order valence-corrected chi connectivity index (χ4v) is 2.37. The van der Waals surface area contributed by atoms with Gasteiger partial charge >= 0.3 is 0 Å². The third-order valence-corrected chi connectivity index (χ3v) is 3.49. The van der Waals surface area contributed by atoms with E-state index in [2.05, 4.69) is 26.3 Å². The van der Waals surface area contributed by atoms with Gasteiger partial charge in [0.05, 0.1) is 17.1 Å². The predicted octanol–water partition coefficient (Wildman–Crippen LogP) is 1.33. The molecule has 0 aromatic carbocycles. The van der Waals surface area contributed by atoms with Crippen LogP contribution in [-0.4, -0.2) is 34.1 Å². The zero-order valence-electron chi connectivity index (χ0n) is 10.6. The molecule has 1 aliphatic heterocycles. The molecule has 0 amide bonds. The van der Waals surface area contributed by atoms with Crippen LogP contribution in [0.25, 0.3) is 21.9 Å². The van der Waals surface area contributed by atoms with Gasteiger partial charge in [-0.3, -0.25) is 0 Å². The summed E-state index contributed by atoms with van der Waals surface area (Å²) < 4.78 is 5.98. The minimum Gasteiger partial charge on any atom is -0.487 e. The van der Waals surface area contributed by atoms with E-state index in [1.165, 1.54) is 0 Å². The Bertz CT molecular complexity index is 844. The summed E-state index contributed by atoms with van der Waals surface area (Å²) >= 11 is 0. The summed E-state index contributed by atoms with van der Waals surface area (Å²) in [7, 11) is 0. The quantitative estimate of drug-likeness (QED) is 0.730. The van der Waals surface area contributed by atoms with Gasteiger partial charge in [0, 0.05) is 24.7 Å². The van der Waals surface area contributed by atoms with Gasteiger partial charge in [-0.25, -0.2) is 9.97 Å². The van der Waals surface area contributed by atoms with Gasteiger partial charge in [0.15, 0.2) is 0 Å². The largest absolute Gasteiger partial charge is 0.487 e. The molecular weight excluding hydrogens is 254 g/mol. The van der Waals surface area contributed by atoms with E-state index in [9.17, 15) is 0 Å². The Kier molecular flexibility index (Phi) is 2.34. The molecule has 6 nitrogen and oxygen atoms in total. The molecule has 98 valence electrons. The summed E-state index contributed by atoms with van der Waals surface area (Å²) in [4.78, 5) is 11.6. The van der Waals surface area contributed by atoms with Crippen LogP contribution < -0.4 is 10.1 Å². The summed E-state index contributed by atoms with van der Waals surface area (Å²) in [5, 5.41) is 14.0. The van der Waals surface area contributed by atoms with Gasteiger partial charge in [0.25, 0.3) is 0 Å². The van der Waals surface area contributed by atoms with Crippen LogP contribution >= 0.6 is 0 Å². The predicted molar refractivity (Wildman–Crippen MR) is 73.4 cm³/mol. The molecule has 4 heterocycles. The van der Waals surface area contributed by atoms with E-state index in [-0.39, 0.29) is 6.10 Å². The third-order valence-electron chi connectivity index (χ3n) is 3.49. The summed E-state index contributed by atoms with van der Waals surface area (Å²) in [5.74, 6) is 0.794. The molecule has 3 aromatic heterocycles. The molecule has 1 fully saturated rings. The number of nitrogens with zero attached hydrogens (tertiary/aromatic N) is 3. The van der Waals surface area contributed by atoms with Gasteiger partial charge in [-0.05, 0) is 12.1 Å². The number of rotatable bonds is 2. The number of hydrogen-bond donors (Lipinski definition) is 2. The van der Waals surface area contributed by atoms with Gasteiger partial charge in [0.1, 0.15) is 29.3 Å². The number of H-pyrrole nitrogens is 1. The van der Waals surface area contributed by atoms with Crippen molar-refractivity contribution in [3.63, 3.8) is 0 Å². The SMILES string of the molecule is N#Cc1cc2c(cn1)[nH]c1nccc(OC3CNC3)c12. The van der Waals surface area contributed by atoms with Crippen molar-refractivity contribution in [2.24, 2.45) is 0 Å². The van der Waals surface area contributed by atoms with Crippen molar-refractivity contribution in [3.8, 4) is 11.8 Å². The van der Waals surface area contributed by atoms with Crippen LogP contribution in [0, 0.1) is 11.3 Å². The van der Waals surface area contributed by atoms with E-state index in [1.54, 1.807) is 18.5 Å². The van der Waals surface area contributed by atoms with Gasteiger partial charge in [-0.2, -0.15) is 5.26 Å². The number of hydrogen-bond acceptors (Lipinski definition) is 5. The lowest BCUT2D eigenvalue weighted by Gasteiger charge is -2.28. The topological polar surface area (TPSA) is 86.6 Å². The molecule has 0 saturated carbocycles. The van der Waals surface area contributed by atoms with E-state index in [0.717, 1.165) is 40.8 Å². The molecule has 3 aromatic rings. The third kappa shape index (κ3) is 1.61. The number of nitriles is 1. The van der Waals surface area contributed by atoms with Crippen molar-refractivity contribution in [2.45, 2.75) is 6.10 Å². The van der Waals surface area contributed by atoms with Crippen molar-refractivity contribution in [3.05, 3.63) is 30.2 Å². The normalized spacial score (nSPS) is 15.2. The lowest BCUT2D eigenvalue weighted by molar-refractivity contribution is 0.144. The second kappa shape index (κ2) is 4.18. The standard InChI is InChI=1S/C14H11N5O/c15-4-8-3-10-11(7-18-8)19-14-13(10)12(1-2-17-14)20-9-5-16-6-9/h1-3,7,9,16H,5-6H2,(H,17,19). The molecule has 0 bridgehead atoms. The van der Waals surface area contributed by atoms with Gasteiger partial charge in [-0.15, -0.1) is 0 Å². The van der Waals surface area contributed by atoms with E-state index < -0.39 is 0 Å². The molecule has 0 aliphatic carbocycles. The summed E-state index contributed by atoms with van der Waals surface area (Å²) in [6, 6.07) is 5.69. The lowest BCUT2D eigenvalue weighted by Crippen LogP contribution is -2.50. The lowest BCUT2D eigenvalue weighted by atomic mass is 10.2. The molecule has 4 rings (SSSR count). The molecule has 0 unspecified atom stereocenters. The summed E-state index contributed by atoms with van der Waals surface area (Å²) in [6.45, 7) is 1.72. The van der Waals surface area contributed by atoms with Crippen molar-refractivity contribution in [1.82, 2.24) is 20.3 Å². The van der Waals surface area contributed by atoms with Crippen molar-refractivity contribution in [1.29, 1.82) is 5.26 Å². The Hall–Kier alpha value is -2.65. The summed E-state index contributed by atoms with van der Waals surface area (Å²) in [5.41, 5.74) is 1.99. The molecule has 20 heavy (non-hydrogen) atoms. The first-order chi connectivity index (χ1) is 9.85. The van der Waals surface area contributed by atoms with Crippen LogP contribution in [0.3, 0.4) is 0 Å². The smallest absolute Gasteiger partial charge is 0.142 e. The number of nitrogens with one attached hydrogen (secondary N) is 2. The van der Waals surface area contributed by atoms with E-state index in [0.29, 0.717) is 5.69 Å². The molecular formula is C14H11N5O. The minimum absolute atomic E-state index is 0.197. The van der Waals surface area contributed by atoms with Gasteiger partial charge in [0.2, 0.25) is 0 Å². The Morgan fingerprint density at radius 2 is 2.25 bits per heavy atom. The average molecular weight is 265 g/mol. The van der Waals surface area contributed by atoms with E-state index in [4.69, 9.17) is 10.00 Å². The van der Waals surface area contributed by atoms with Gasteiger partial charge < -0.3 is 15.0 Å². The first-order valence-corrected chi connectivity index (χ1v) is 6.39. The first-order valence-electron chi connectivity index (χ1n) is 6.39. The molecule has 0 atom stereocenters. The number of aromatic amines is 1. The second-order valence-corrected chi connectivity index (χ2v) is 4.78. The van der Waals surface area contributed by atoms with E-state index in [1.807, 2.05) is 6.07 Å². The first kappa shape index (κ1) is 11.2. The van der Waals surface area contributed by atoms with E-state index >= 15 is 0 Å². The van der Waals surface area contributed by atoms with Crippen molar-refractivity contribution >= 4 is 21.9 Å². The zero-order valence-corrected chi connectivity index (χ0v) is 10.6. The zero-order chi connectivity index (χ0) is 13.5. The molecule has 6 heteroatoms. The highest BCUT2D eigenvalue weighted by molar-refractivity contribution is 6.09.